The van der Waals surface area contributed by atoms with Crippen molar-refractivity contribution >= 4 is 22.8 Å². The first kappa shape index (κ1) is 25.5. The fourth-order valence-electron chi connectivity index (χ4n) is 5.49. The number of halogens is 1. The lowest BCUT2D eigenvalue weighted by atomic mass is 9.87. The van der Waals surface area contributed by atoms with Crippen molar-refractivity contribution in [3.63, 3.8) is 0 Å². The highest BCUT2D eigenvalue weighted by Gasteiger charge is 2.45. The third kappa shape index (κ3) is 4.49. The summed E-state index contributed by atoms with van der Waals surface area (Å²) in [5.74, 6) is 1.23. The van der Waals surface area contributed by atoms with Gasteiger partial charge >= 0.3 is 0 Å². The van der Waals surface area contributed by atoms with E-state index in [1.54, 1.807) is 30.9 Å². The van der Waals surface area contributed by atoms with Crippen LogP contribution in [0.4, 0.5) is 16.2 Å². The normalized spacial score (nSPS) is 18.0. The van der Waals surface area contributed by atoms with Crippen LogP contribution in [0, 0.1) is 5.82 Å². The third-order valence-corrected chi connectivity index (χ3v) is 8.45. The second-order valence-electron chi connectivity index (χ2n) is 11.2. The van der Waals surface area contributed by atoms with Crippen LogP contribution in [0.25, 0.3) is 22.3 Å². The van der Waals surface area contributed by atoms with Gasteiger partial charge in [-0.2, -0.15) is 5.10 Å². The minimum absolute atomic E-state index is 0.0972. The van der Waals surface area contributed by atoms with Gasteiger partial charge < -0.3 is 25.6 Å². The second kappa shape index (κ2) is 9.60. The van der Waals surface area contributed by atoms with Gasteiger partial charge in [0.05, 0.1) is 35.0 Å². The Hall–Kier alpha value is -4.42. The molecule has 1 atom stereocenters. The molecule has 1 saturated heterocycles. The summed E-state index contributed by atoms with van der Waals surface area (Å²) in [6.45, 7) is 4.93. The molecule has 1 aliphatic heterocycles. The predicted octanol–water partition coefficient (Wildman–Crippen LogP) is 2.78. The highest BCUT2D eigenvalue weighted by molar-refractivity contribution is 5.91. The number of benzene rings is 1. The molecule has 4 N–H and O–H groups in total. The predicted molar refractivity (Wildman–Crippen MR) is 153 cm³/mol. The number of aliphatic hydroxyl groups excluding tert-OH is 1. The number of fused-ring (bicyclic) bond motifs is 1. The Morgan fingerprint density at radius 2 is 1.68 bits per heavy atom. The molecule has 1 unspecified atom stereocenters. The van der Waals surface area contributed by atoms with Gasteiger partial charge in [0, 0.05) is 55.9 Å². The maximum atomic E-state index is 13.4. The SMILES string of the molecule is CC(N)(c1ccc(F)cc1)c1cnc(N2CCN(c3ncnc4[nH]c(-c5cnn(C6(CO)CC6)c5)cc34)CC2)nc1. The molecule has 0 bridgehead atoms. The third-order valence-electron chi connectivity index (χ3n) is 8.45. The summed E-state index contributed by atoms with van der Waals surface area (Å²) in [5.41, 5.74) is 9.69. The van der Waals surface area contributed by atoms with Gasteiger partial charge in [0.15, 0.2) is 0 Å². The Kier molecular flexibility index (Phi) is 5.98. The summed E-state index contributed by atoms with van der Waals surface area (Å²) in [6.07, 6.45) is 10.8. The molecule has 1 saturated carbocycles. The van der Waals surface area contributed by atoms with Crippen LogP contribution in [0.15, 0.2) is 61.4 Å². The van der Waals surface area contributed by atoms with Crippen LogP contribution in [-0.4, -0.2) is 72.6 Å². The molecular weight excluding hydrogens is 523 g/mol. The molecule has 210 valence electrons. The lowest BCUT2D eigenvalue weighted by Gasteiger charge is -2.35. The van der Waals surface area contributed by atoms with E-state index in [-0.39, 0.29) is 18.0 Å². The Balaban J connectivity index is 1.05. The summed E-state index contributed by atoms with van der Waals surface area (Å²) in [6, 6.07) is 8.26. The number of rotatable bonds is 7. The molecule has 0 radical (unpaired) electrons. The van der Waals surface area contributed by atoms with E-state index in [0.717, 1.165) is 78.3 Å². The van der Waals surface area contributed by atoms with Crippen LogP contribution in [0.1, 0.15) is 30.9 Å². The molecule has 11 nitrogen and oxygen atoms in total. The Morgan fingerprint density at radius 1 is 0.976 bits per heavy atom. The molecule has 1 aromatic carbocycles. The van der Waals surface area contributed by atoms with E-state index in [1.807, 2.05) is 24.0 Å². The Labute approximate surface area is 235 Å². The topological polar surface area (TPSA) is 138 Å². The Bertz CT molecular complexity index is 1680. The van der Waals surface area contributed by atoms with Crippen molar-refractivity contribution < 1.29 is 9.50 Å². The van der Waals surface area contributed by atoms with Gasteiger partial charge in [-0.25, -0.2) is 24.3 Å². The molecule has 0 amide bonds. The largest absolute Gasteiger partial charge is 0.394 e. The van der Waals surface area contributed by atoms with Crippen molar-refractivity contribution in [2.45, 2.75) is 30.8 Å². The van der Waals surface area contributed by atoms with Crippen LogP contribution in [-0.2, 0) is 11.1 Å². The summed E-state index contributed by atoms with van der Waals surface area (Å²) in [4.78, 5) is 26.1. The number of H-pyrrole nitrogens is 1. The second-order valence-corrected chi connectivity index (χ2v) is 11.2. The van der Waals surface area contributed by atoms with Gasteiger partial charge in [0.25, 0.3) is 0 Å². The van der Waals surface area contributed by atoms with Crippen LogP contribution >= 0.6 is 0 Å². The van der Waals surface area contributed by atoms with Gasteiger partial charge in [-0.1, -0.05) is 12.1 Å². The Morgan fingerprint density at radius 3 is 2.37 bits per heavy atom. The number of nitrogens with zero attached hydrogens (tertiary/aromatic N) is 8. The zero-order chi connectivity index (χ0) is 28.2. The summed E-state index contributed by atoms with van der Waals surface area (Å²) < 4.78 is 15.3. The number of piperazine rings is 1. The lowest BCUT2D eigenvalue weighted by molar-refractivity contribution is 0.202. The first-order valence-electron chi connectivity index (χ1n) is 13.7. The maximum absolute atomic E-state index is 13.4. The van der Waals surface area contributed by atoms with E-state index in [1.165, 1.54) is 12.1 Å². The molecule has 2 fully saturated rings. The first-order chi connectivity index (χ1) is 19.9. The van der Waals surface area contributed by atoms with E-state index in [9.17, 15) is 9.50 Å². The van der Waals surface area contributed by atoms with Gasteiger partial charge in [-0.05, 0) is 43.5 Å². The fraction of sp³-hybridized carbons (Fsp3) is 0.345. The highest BCUT2D eigenvalue weighted by Crippen LogP contribution is 2.43. The minimum Gasteiger partial charge on any atom is -0.394 e. The molecule has 12 heteroatoms. The average Bonchev–Trinajstić information content (AvgIpc) is 3.42. The highest BCUT2D eigenvalue weighted by atomic mass is 19.1. The number of hydrogen-bond acceptors (Lipinski definition) is 9. The van der Waals surface area contributed by atoms with Crippen molar-refractivity contribution in [3.8, 4) is 11.3 Å². The van der Waals surface area contributed by atoms with Crippen LogP contribution in [0.3, 0.4) is 0 Å². The van der Waals surface area contributed by atoms with E-state index in [0.29, 0.717) is 5.95 Å². The molecule has 41 heavy (non-hydrogen) atoms. The maximum Gasteiger partial charge on any atom is 0.225 e. The van der Waals surface area contributed by atoms with Gasteiger partial charge in [0.2, 0.25) is 5.95 Å². The van der Waals surface area contributed by atoms with Crippen LogP contribution in [0.2, 0.25) is 0 Å². The zero-order valence-corrected chi connectivity index (χ0v) is 22.7. The zero-order valence-electron chi connectivity index (χ0n) is 22.7. The van der Waals surface area contributed by atoms with Crippen LogP contribution in [0.5, 0.6) is 0 Å². The number of nitrogens with one attached hydrogen (secondary N) is 1. The molecule has 7 rings (SSSR count). The van der Waals surface area contributed by atoms with Crippen LogP contribution < -0.4 is 15.5 Å². The van der Waals surface area contributed by atoms with Crippen molar-refractivity contribution in [1.29, 1.82) is 0 Å². The quantitative estimate of drug-likeness (QED) is 0.277. The van der Waals surface area contributed by atoms with Crippen molar-refractivity contribution in [1.82, 2.24) is 34.7 Å². The van der Waals surface area contributed by atoms with E-state index in [4.69, 9.17) is 5.73 Å². The number of hydrogen-bond donors (Lipinski definition) is 3. The molecule has 1 aliphatic carbocycles. The van der Waals surface area contributed by atoms with Crippen molar-refractivity contribution in [3.05, 3.63) is 78.4 Å². The number of anilines is 2. The number of aromatic amines is 1. The minimum atomic E-state index is -0.838. The van der Waals surface area contributed by atoms with Crippen molar-refractivity contribution in [2.24, 2.45) is 5.73 Å². The first-order valence-corrected chi connectivity index (χ1v) is 13.7. The molecular formula is C29H31FN10O. The molecule has 5 heterocycles. The number of nitrogens with two attached hydrogens (primary N) is 1. The summed E-state index contributed by atoms with van der Waals surface area (Å²) in [5, 5.41) is 15.2. The van der Waals surface area contributed by atoms with E-state index in [2.05, 4.69) is 45.9 Å². The van der Waals surface area contributed by atoms with Gasteiger partial charge in [-0.15, -0.1) is 0 Å². The average molecular weight is 555 g/mol. The van der Waals surface area contributed by atoms with E-state index < -0.39 is 5.54 Å². The molecule has 2 aliphatic rings. The summed E-state index contributed by atoms with van der Waals surface area (Å²) in [7, 11) is 0. The monoisotopic (exact) mass is 554 g/mol. The summed E-state index contributed by atoms with van der Waals surface area (Å²) >= 11 is 0. The molecule has 0 spiro atoms. The number of aliphatic hydroxyl groups is 1. The molecule has 5 aromatic rings. The van der Waals surface area contributed by atoms with Gasteiger partial charge in [0.1, 0.15) is 23.6 Å². The van der Waals surface area contributed by atoms with Gasteiger partial charge in [-0.3, -0.25) is 4.68 Å². The van der Waals surface area contributed by atoms with E-state index >= 15 is 0 Å². The molecule has 4 aromatic heterocycles. The fourth-order valence-corrected chi connectivity index (χ4v) is 5.49. The lowest BCUT2D eigenvalue weighted by Crippen LogP contribution is -2.47. The standard InChI is InChI=1S/C29H31FN10O/c1-28(31,20-2-4-22(30)5-3-20)21-14-32-27(33-15-21)39-10-8-38(9-11-39)26-23-12-24(37-25(23)34-18-35-26)19-13-36-40(16-19)29(17-41)6-7-29/h2-5,12-16,18,41H,6-11,17,31H2,1H3,(H,34,35,37). The smallest absolute Gasteiger partial charge is 0.225 e. The number of aromatic nitrogens is 7. The van der Waals surface area contributed by atoms with Crippen molar-refractivity contribution in [2.75, 3.05) is 42.6 Å².